The molecule has 3 aliphatic rings. The fourth-order valence-corrected chi connectivity index (χ4v) is 13.0. The quantitative estimate of drug-likeness (QED) is 0.0242. The molecule has 9 rings (SSSR count). The van der Waals surface area contributed by atoms with Gasteiger partial charge in [-0.3, -0.25) is 46.8 Å². The Morgan fingerprint density at radius 2 is 1.18 bits per heavy atom. The first-order chi connectivity index (χ1) is 36.2. The Balaban J connectivity index is 0.873. The standard InChI is InChI=1S/C34H47N15O24P4/c1-4-37-24-15-25(39-8-38-24)47(9-40-15)32-23(64-3)22(71-74(56,57)65-5-12-18(50)20(52)30(68-12)48-10-41-16-26(48)42-33(35)44-28(16)54)14(70-32)7-67-76(60,61)73-77(62,63)72-75(58,59)66-6-13-19(51)21(53)31(69-13)49-11-46(2)17-27(49)43-34(36)45-29(17)55/h8-14,18-23,30-32,50-53H,4-7H2,1-3H3,(H10-,35,36,37,38,39,42,43,44,45,54,55,56,57,58,59,60,61,62,63)/p+1/t12-,13-,14-,18?,19?,20?,21?,22?,23?,30-,31-,32-/m1/s1. The van der Waals surface area contributed by atoms with E-state index in [4.69, 9.17) is 48.5 Å². The fraction of sp³-hybridized carbons (Fsp3) is 0.559. The van der Waals surface area contributed by atoms with Crippen molar-refractivity contribution in [2.24, 2.45) is 7.05 Å². The number of aliphatic hydroxyl groups is 4. The zero-order valence-electron chi connectivity index (χ0n) is 39.6. The van der Waals surface area contributed by atoms with Crippen molar-refractivity contribution in [2.45, 2.75) is 80.5 Å². The number of methoxy groups -OCH3 is 1. The summed E-state index contributed by atoms with van der Waals surface area (Å²) in [5.41, 5.74) is 9.77. The molecule has 9 heterocycles. The van der Waals surface area contributed by atoms with E-state index in [1.54, 1.807) is 6.92 Å². The summed E-state index contributed by atoms with van der Waals surface area (Å²) in [5, 5.41) is 46.3. The Morgan fingerprint density at radius 3 is 1.78 bits per heavy atom. The molecule has 3 saturated heterocycles. The van der Waals surface area contributed by atoms with Crippen LogP contribution in [0.3, 0.4) is 0 Å². The predicted molar refractivity (Wildman–Crippen MR) is 249 cm³/mol. The second-order valence-corrected chi connectivity index (χ2v) is 23.0. The molecule has 0 aliphatic carbocycles. The van der Waals surface area contributed by atoms with Gasteiger partial charge in [0, 0.05) is 13.7 Å². The van der Waals surface area contributed by atoms with E-state index in [2.05, 4.69) is 53.8 Å². The number of aromatic nitrogens is 12. The van der Waals surface area contributed by atoms with Gasteiger partial charge >= 0.3 is 36.9 Å². The first-order valence-electron chi connectivity index (χ1n) is 22.2. The Kier molecular flexibility index (Phi) is 15.8. The first kappa shape index (κ1) is 56.6. The summed E-state index contributed by atoms with van der Waals surface area (Å²) in [6.07, 6.45) is -15.5. The third-order valence-electron chi connectivity index (χ3n) is 11.9. The van der Waals surface area contributed by atoms with Crippen LogP contribution in [-0.2, 0) is 71.0 Å². The highest BCUT2D eigenvalue weighted by atomic mass is 31.3. The Labute approximate surface area is 427 Å². The zero-order chi connectivity index (χ0) is 55.7. The largest absolute Gasteiger partial charge is 0.490 e. The number of anilines is 3. The molecule has 0 aromatic carbocycles. The molecule has 16 atom stereocenters. The number of hydrogen-bond acceptors (Lipinski definition) is 29. The van der Waals surface area contributed by atoms with Crippen molar-refractivity contribution < 1.29 is 108 Å². The van der Waals surface area contributed by atoms with Gasteiger partial charge in [-0.2, -0.15) is 23.2 Å². The number of rotatable bonds is 21. The highest BCUT2D eigenvalue weighted by Gasteiger charge is 2.54. The molecule has 0 saturated carbocycles. The van der Waals surface area contributed by atoms with Crippen molar-refractivity contribution in [3.8, 4) is 0 Å². The topological polar surface area (TPSA) is 548 Å². The van der Waals surface area contributed by atoms with E-state index in [0.29, 0.717) is 6.54 Å². The van der Waals surface area contributed by atoms with E-state index in [1.165, 1.54) is 35.2 Å². The molecular weight excluding hydrogens is 1130 g/mol. The number of fused-ring (bicyclic) bond motifs is 3. The van der Waals surface area contributed by atoms with Crippen LogP contribution in [0.25, 0.3) is 33.5 Å². The molecule has 3 aliphatic heterocycles. The second-order valence-electron chi connectivity index (χ2n) is 17.0. The van der Waals surface area contributed by atoms with Gasteiger partial charge in [0.15, 0.2) is 40.6 Å². The minimum absolute atomic E-state index is 0.0216. The number of ether oxygens (including phenoxy) is 4. The van der Waals surface area contributed by atoms with E-state index >= 15 is 0 Å². The van der Waals surface area contributed by atoms with Gasteiger partial charge in [0.05, 0.1) is 39.5 Å². The van der Waals surface area contributed by atoms with Crippen LogP contribution in [-0.4, -0.2) is 182 Å². The number of imidazole rings is 3. The molecule has 77 heavy (non-hydrogen) atoms. The molecule has 43 heteroatoms. The number of nitrogens with zero attached hydrogens (tertiary/aromatic N) is 10. The van der Waals surface area contributed by atoms with Crippen molar-refractivity contribution in [3.63, 3.8) is 0 Å². The summed E-state index contributed by atoms with van der Waals surface area (Å²) in [7, 11) is -20.9. The lowest BCUT2D eigenvalue weighted by Crippen LogP contribution is -2.38. The van der Waals surface area contributed by atoms with Crippen LogP contribution in [0.2, 0.25) is 0 Å². The maximum absolute atomic E-state index is 13.8. The summed E-state index contributed by atoms with van der Waals surface area (Å²) in [6.45, 7) is -1.18. The molecule has 10 unspecified atom stereocenters. The van der Waals surface area contributed by atoms with Gasteiger partial charge in [-0.05, 0) is 6.92 Å². The van der Waals surface area contributed by atoms with Gasteiger partial charge in [0.1, 0.15) is 61.3 Å². The fourth-order valence-electron chi connectivity index (χ4n) is 8.57. The maximum atomic E-state index is 13.8. The minimum atomic E-state index is -6.20. The van der Waals surface area contributed by atoms with Gasteiger partial charge in [-0.1, -0.05) is 0 Å². The third kappa shape index (κ3) is 11.5. The van der Waals surface area contributed by atoms with E-state index in [-0.39, 0.29) is 51.2 Å². The summed E-state index contributed by atoms with van der Waals surface area (Å²) >= 11 is 0. The number of aryl methyl sites for hydroxylation is 1. The number of hydrogen-bond donors (Lipinski definition) is 13. The highest BCUT2D eigenvalue weighted by Crippen LogP contribution is 2.68. The van der Waals surface area contributed by atoms with E-state index in [9.17, 15) is 67.8 Å². The first-order valence-corrected chi connectivity index (χ1v) is 28.2. The molecule has 3 fully saturated rings. The van der Waals surface area contributed by atoms with Crippen LogP contribution >= 0.6 is 31.3 Å². The van der Waals surface area contributed by atoms with Gasteiger partial charge in [0.2, 0.25) is 24.5 Å². The summed E-state index contributed by atoms with van der Waals surface area (Å²) < 4.78 is 109. The Hall–Kier alpha value is -5.15. The van der Waals surface area contributed by atoms with Crippen molar-refractivity contribution in [3.05, 3.63) is 46.0 Å². The number of aliphatic hydroxyl groups excluding tert-OH is 4. The van der Waals surface area contributed by atoms with E-state index in [1.807, 2.05) is 0 Å². The molecule has 0 radical (unpaired) electrons. The highest BCUT2D eigenvalue weighted by molar-refractivity contribution is 7.66. The third-order valence-corrected chi connectivity index (χ3v) is 17.1. The number of nitrogen functional groups attached to an aromatic ring is 2. The smallest absolute Gasteiger partial charge is 0.387 e. The van der Waals surface area contributed by atoms with Crippen LogP contribution in [0.4, 0.5) is 17.7 Å². The molecule has 0 amide bonds. The molecular formula is C34H48N15O24P4+. The van der Waals surface area contributed by atoms with Gasteiger partial charge in [0.25, 0.3) is 16.7 Å². The van der Waals surface area contributed by atoms with E-state index in [0.717, 1.165) is 22.6 Å². The number of phosphoric ester groups is 3. The second kappa shape index (κ2) is 21.5. The van der Waals surface area contributed by atoms with E-state index < -0.39 is 136 Å². The predicted octanol–water partition coefficient (Wildman–Crippen LogP) is -3.86. The van der Waals surface area contributed by atoms with Crippen molar-refractivity contribution in [2.75, 3.05) is 50.3 Å². The van der Waals surface area contributed by atoms with Crippen LogP contribution in [0.1, 0.15) is 25.6 Å². The molecule has 15 N–H and O–H groups in total. The zero-order valence-corrected chi connectivity index (χ0v) is 43.2. The van der Waals surface area contributed by atoms with Crippen LogP contribution in [0.15, 0.2) is 34.9 Å². The number of nitrogens with one attached hydrogen (secondary N) is 3. The molecule has 0 bridgehead atoms. The van der Waals surface area contributed by atoms with Gasteiger partial charge < -0.3 is 75.7 Å². The average molecular weight is 1170 g/mol. The van der Waals surface area contributed by atoms with Crippen molar-refractivity contribution in [1.29, 1.82) is 0 Å². The number of aromatic amines is 2. The molecule has 39 nitrogen and oxygen atoms in total. The van der Waals surface area contributed by atoms with Gasteiger partial charge in [-0.15, -0.1) is 0 Å². The van der Waals surface area contributed by atoms with Crippen LogP contribution in [0.5, 0.6) is 0 Å². The molecule has 6 aromatic heterocycles. The van der Waals surface area contributed by atoms with Crippen LogP contribution < -0.4 is 32.5 Å². The summed E-state index contributed by atoms with van der Waals surface area (Å²) in [4.78, 5) is 96.5. The summed E-state index contributed by atoms with van der Waals surface area (Å²) in [5.74, 6) is -0.337. The Bertz CT molecular complexity index is 3510. The lowest BCUT2D eigenvalue weighted by molar-refractivity contribution is -0.646. The monoisotopic (exact) mass is 1170 g/mol. The molecule has 422 valence electrons. The molecule has 0 spiro atoms. The lowest BCUT2D eigenvalue weighted by atomic mass is 10.1. The minimum Gasteiger partial charge on any atom is -0.387 e. The average Bonchev–Trinajstić information content (AvgIpc) is 4.20. The lowest BCUT2D eigenvalue weighted by Gasteiger charge is -2.26. The number of phosphoric acid groups is 4. The van der Waals surface area contributed by atoms with Crippen molar-refractivity contribution in [1.82, 2.24) is 53.6 Å². The maximum Gasteiger partial charge on any atom is 0.490 e. The number of H-pyrrole nitrogens is 2. The Morgan fingerprint density at radius 1 is 0.662 bits per heavy atom. The summed E-state index contributed by atoms with van der Waals surface area (Å²) in [6, 6.07) is 0. The molecule has 6 aromatic rings. The van der Waals surface area contributed by atoms with Crippen LogP contribution in [0, 0.1) is 0 Å². The van der Waals surface area contributed by atoms with Crippen molar-refractivity contribution >= 4 is 82.5 Å². The SMILES string of the molecule is CCNc1ncnc2c1ncn2[C@@H]1O[C@H](COP(=O)(O)OP(=O)(O)OP(=O)(O)OC[C@H]2O[C@@H](n3c[n+](C)c4c(=O)[nH]c(N)nc43)C(O)C2O)C(OP(=O)(O)OC[C@H]2O[C@@H](n3cnc4c(=O)[nH]c(N)nc43)C(O)C2O)C1OC. The van der Waals surface area contributed by atoms with Gasteiger partial charge in [-0.25, -0.2) is 42.8 Å². The normalized spacial score (nSPS) is 30.0. The number of nitrogens with two attached hydrogens (primary N) is 2.